The van der Waals surface area contributed by atoms with Crippen molar-refractivity contribution in [1.29, 1.82) is 0 Å². The minimum Gasteiger partial charge on any atom is -0.314 e. The van der Waals surface area contributed by atoms with E-state index in [4.69, 9.17) is 0 Å². The SMILES string of the molecule is Cc1cc(C)c(CC2CNCCN2)c(CN2C(=O)CCC2=O)c1. The molecule has 2 aliphatic rings. The van der Waals surface area contributed by atoms with E-state index in [-0.39, 0.29) is 11.8 Å². The van der Waals surface area contributed by atoms with Gasteiger partial charge >= 0.3 is 0 Å². The standard InChI is InChI=1S/C18H25N3O2/c1-12-7-13(2)16(9-15-10-19-5-6-20-15)14(8-12)11-21-17(22)3-4-18(21)23/h7-8,15,19-20H,3-6,9-11H2,1-2H3. The van der Waals surface area contributed by atoms with Crippen molar-refractivity contribution in [3.63, 3.8) is 0 Å². The number of hydrogen-bond donors (Lipinski definition) is 2. The van der Waals surface area contributed by atoms with Crippen LogP contribution in [0.5, 0.6) is 0 Å². The Labute approximate surface area is 137 Å². The van der Waals surface area contributed by atoms with Crippen LogP contribution in [0.15, 0.2) is 12.1 Å². The largest absolute Gasteiger partial charge is 0.314 e. The molecule has 1 unspecified atom stereocenters. The summed E-state index contributed by atoms with van der Waals surface area (Å²) >= 11 is 0. The van der Waals surface area contributed by atoms with Crippen molar-refractivity contribution in [2.45, 2.75) is 45.7 Å². The first kappa shape index (κ1) is 16.1. The summed E-state index contributed by atoms with van der Waals surface area (Å²) in [5.74, 6) is -0.0878. The highest BCUT2D eigenvalue weighted by atomic mass is 16.2. The maximum Gasteiger partial charge on any atom is 0.229 e. The zero-order chi connectivity index (χ0) is 16.4. The van der Waals surface area contributed by atoms with E-state index >= 15 is 0 Å². The molecule has 2 amide bonds. The summed E-state index contributed by atoms with van der Waals surface area (Å²) in [6, 6.07) is 4.70. The normalized spacial score (nSPS) is 22.0. The second-order valence-electron chi connectivity index (χ2n) is 6.65. The Bertz CT molecular complexity index is 605. The first-order valence-corrected chi connectivity index (χ1v) is 8.41. The van der Waals surface area contributed by atoms with E-state index in [1.807, 2.05) is 0 Å². The minimum absolute atomic E-state index is 0.0439. The summed E-state index contributed by atoms with van der Waals surface area (Å²) in [5, 5.41) is 6.95. The summed E-state index contributed by atoms with van der Waals surface area (Å²) < 4.78 is 0. The van der Waals surface area contributed by atoms with Crippen molar-refractivity contribution in [1.82, 2.24) is 15.5 Å². The number of hydrogen-bond acceptors (Lipinski definition) is 4. The van der Waals surface area contributed by atoms with Gasteiger partial charge in [0, 0.05) is 38.5 Å². The number of likely N-dealkylation sites (tertiary alicyclic amines) is 1. The molecule has 0 bridgehead atoms. The lowest BCUT2D eigenvalue weighted by Gasteiger charge is -2.27. The highest BCUT2D eigenvalue weighted by Crippen LogP contribution is 2.23. The van der Waals surface area contributed by atoms with Gasteiger partial charge in [-0.1, -0.05) is 17.7 Å². The van der Waals surface area contributed by atoms with E-state index < -0.39 is 0 Å². The molecule has 1 atom stereocenters. The molecule has 2 heterocycles. The maximum absolute atomic E-state index is 11.9. The van der Waals surface area contributed by atoms with Crippen LogP contribution in [0.1, 0.15) is 35.1 Å². The molecule has 0 aromatic heterocycles. The van der Waals surface area contributed by atoms with Crippen LogP contribution in [0, 0.1) is 13.8 Å². The monoisotopic (exact) mass is 315 g/mol. The smallest absolute Gasteiger partial charge is 0.229 e. The van der Waals surface area contributed by atoms with Crippen molar-refractivity contribution in [3.05, 3.63) is 34.4 Å². The Balaban J connectivity index is 1.85. The first-order chi connectivity index (χ1) is 11.0. The van der Waals surface area contributed by atoms with E-state index in [0.29, 0.717) is 25.4 Å². The summed E-state index contributed by atoms with van der Waals surface area (Å²) in [6.07, 6.45) is 1.63. The minimum atomic E-state index is -0.0439. The van der Waals surface area contributed by atoms with E-state index in [1.54, 1.807) is 0 Å². The molecule has 2 saturated heterocycles. The summed E-state index contributed by atoms with van der Waals surface area (Å²) in [6.45, 7) is 7.54. The predicted molar refractivity (Wildman–Crippen MR) is 89.1 cm³/mol. The quantitative estimate of drug-likeness (QED) is 0.816. The fraction of sp³-hybridized carbons (Fsp3) is 0.556. The van der Waals surface area contributed by atoms with Gasteiger partial charge in [-0.15, -0.1) is 0 Å². The third-order valence-electron chi connectivity index (χ3n) is 4.77. The molecule has 1 aromatic rings. The fourth-order valence-corrected chi connectivity index (χ4v) is 3.59. The Morgan fingerprint density at radius 1 is 1.13 bits per heavy atom. The topological polar surface area (TPSA) is 61.4 Å². The van der Waals surface area contributed by atoms with Crippen molar-refractivity contribution < 1.29 is 9.59 Å². The van der Waals surface area contributed by atoms with Crippen LogP contribution in [0.25, 0.3) is 0 Å². The number of carbonyl (C=O) groups excluding carboxylic acids is 2. The van der Waals surface area contributed by atoms with Crippen LogP contribution in [0.4, 0.5) is 0 Å². The highest BCUT2D eigenvalue weighted by molar-refractivity contribution is 6.01. The number of rotatable bonds is 4. The fourth-order valence-electron chi connectivity index (χ4n) is 3.59. The Morgan fingerprint density at radius 2 is 1.87 bits per heavy atom. The van der Waals surface area contributed by atoms with Gasteiger partial charge in [0.2, 0.25) is 11.8 Å². The predicted octanol–water partition coefficient (Wildman–Crippen LogP) is 1.06. The lowest BCUT2D eigenvalue weighted by Crippen LogP contribution is -2.49. The number of nitrogens with zero attached hydrogens (tertiary/aromatic N) is 1. The molecule has 2 fully saturated rings. The van der Waals surface area contributed by atoms with Gasteiger partial charge in [-0.3, -0.25) is 14.5 Å². The third kappa shape index (κ3) is 3.62. The number of imide groups is 1. The molecule has 0 saturated carbocycles. The molecule has 2 N–H and O–H groups in total. The average molecular weight is 315 g/mol. The molecular weight excluding hydrogens is 290 g/mol. The number of nitrogens with one attached hydrogen (secondary N) is 2. The van der Waals surface area contributed by atoms with E-state index in [2.05, 4.69) is 36.6 Å². The van der Waals surface area contributed by atoms with Gasteiger partial charge in [-0.25, -0.2) is 0 Å². The Hall–Kier alpha value is -1.72. The van der Waals surface area contributed by atoms with Crippen molar-refractivity contribution >= 4 is 11.8 Å². The highest BCUT2D eigenvalue weighted by Gasteiger charge is 2.29. The van der Waals surface area contributed by atoms with E-state index in [1.165, 1.54) is 21.6 Å². The molecule has 3 rings (SSSR count). The number of aryl methyl sites for hydroxylation is 2. The number of piperazine rings is 1. The van der Waals surface area contributed by atoms with Gasteiger partial charge < -0.3 is 10.6 Å². The van der Waals surface area contributed by atoms with Gasteiger partial charge in [0.15, 0.2) is 0 Å². The van der Waals surface area contributed by atoms with E-state index in [9.17, 15) is 9.59 Å². The molecule has 124 valence electrons. The molecule has 0 aliphatic carbocycles. The van der Waals surface area contributed by atoms with Crippen LogP contribution >= 0.6 is 0 Å². The van der Waals surface area contributed by atoms with Gasteiger partial charge in [-0.2, -0.15) is 0 Å². The summed E-state index contributed by atoms with van der Waals surface area (Å²) in [7, 11) is 0. The van der Waals surface area contributed by atoms with Crippen LogP contribution in [0.2, 0.25) is 0 Å². The zero-order valence-corrected chi connectivity index (χ0v) is 13.9. The molecule has 23 heavy (non-hydrogen) atoms. The van der Waals surface area contributed by atoms with Crippen molar-refractivity contribution in [3.8, 4) is 0 Å². The van der Waals surface area contributed by atoms with Crippen LogP contribution in [-0.4, -0.2) is 42.4 Å². The second kappa shape index (κ2) is 6.81. The second-order valence-corrected chi connectivity index (χ2v) is 6.65. The molecule has 2 aliphatic heterocycles. The molecule has 5 nitrogen and oxygen atoms in total. The lowest BCUT2D eigenvalue weighted by molar-refractivity contribution is -0.139. The van der Waals surface area contributed by atoms with E-state index in [0.717, 1.165) is 31.6 Å². The molecule has 0 radical (unpaired) electrons. The Kier molecular flexibility index (Phi) is 4.78. The molecular formula is C18H25N3O2. The first-order valence-electron chi connectivity index (χ1n) is 8.41. The van der Waals surface area contributed by atoms with Crippen molar-refractivity contribution in [2.75, 3.05) is 19.6 Å². The van der Waals surface area contributed by atoms with Crippen LogP contribution in [0.3, 0.4) is 0 Å². The van der Waals surface area contributed by atoms with Crippen LogP contribution in [-0.2, 0) is 22.6 Å². The summed E-state index contributed by atoms with van der Waals surface area (Å²) in [4.78, 5) is 25.3. The maximum atomic E-state index is 11.9. The number of carbonyl (C=O) groups is 2. The molecule has 1 aromatic carbocycles. The molecule has 0 spiro atoms. The Morgan fingerprint density at radius 3 is 2.52 bits per heavy atom. The van der Waals surface area contributed by atoms with Gasteiger partial charge in [0.1, 0.15) is 0 Å². The van der Waals surface area contributed by atoms with Crippen LogP contribution < -0.4 is 10.6 Å². The zero-order valence-electron chi connectivity index (χ0n) is 13.9. The van der Waals surface area contributed by atoms with Gasteiger partial charge in [0.05, 0.1) is 6.54 Å². The molecule has 5 heteroatoms. The lowest BCUT2D eigenvalue weighted by atomic mass is 9.92. The van der Waals surface area contributed by atoms with Crippen molar-refractivity contribution in [2.24, 2.45) is 0 Å². The van der Waals surface area contributed by atoms with Gasteiger partial charge in [-0.05, 0) is 37.0 Å². The average Bonchev–Trinajstić information content (AvgIpc) is 2.83. The summed E-state index contributed by atoms with van der Waals surface area (Å²) in [5.41, 5.74) is 4.80. The third-order valence-corrected chi connectivity index (χ3v) is 4.77. The number of amides is 2. The van der Waals surface area contributed by atoms with Gasteiger partial charge in [0.25, 0.3) is 0 Å². The number of benzene rings is 1.